The first-order chi connectivity index (χ1) is 9.56. The third-order valence-corrected chi connectivity index (χ3v) is 4.66. The Balaban J connectivity index is 1.93. The lowest BCUT2D eigenvalue weighted by atomic mass is 9.98. The summed E-state index contributed by atoms with van der Waals surface area (Å²) < 4.78 is 0. The van der Waals surface area contributed by atoms with E-state index in [2.05, 4.69) is 5.32 Å². The number of hydrogen-bond donors (Lipinski definition) is 2. The topological polar surface area (TPSA) is 66.4 Å². The molecule has 0 unspecified atom stereocenters. The average molecular weight is 314 g/mol. The second kappa shape index (κ2) is 6.99. The number of carbonyl (C=O) groups is 2. The van der Waals surface area contributed by atoms with Gasteiger partial charge in [0.2, 0.25) is 5.91 Å². The van der Waals surface area contributed by atoms with Crippen molar-refractivity contribution in [2.75, 3.05) is 16.8 Å². The molecule has 1 saturated heterocycles. The lowest BCUT2D eigenvalue weighted by Gasteiger charge is -2.20. The minimum Gasteiger partial charge on any atom is -0.478 e. The van der Waals surface area contributed by atoms with Gasteiger partial charge in [0, 0.05) is 12.1 Å². The Morgan fingerprint density at radius 2 is 2.05 bits per heavy atom. The van der Waals surface area contributed by atoms with Crippen molar-refractivity contribution in [3.05, 3.63) is 28.8 Å². The Morgan fingerprint density at radius 1 is 1.35 bits per heavy atom. The molecule has 0 saturated carbocycles. The van der Waals surface area contributed by atoms with Gasteiger partial charge in [-0.3, -0.25) is 4.79 Å². The Bertz CT molecular complexity index is 515. The SMILES string of the molecule is O=C(CC1CCSCC1)Nc1ccc(C(=O)O)c(Cl)c1. The number of aromatic carboxylic acids is 1. The third kappa shape index (κ3) is 4.15. The molecule has 0 radical (unpaired) electrons. The van der Waals surface area contributed by atoms with E-state index in [-0.39, 0.29) is 16.5 Å². The fourth-order valence-corrected chi connectivity index (χ4v) is 3.66. The zero-order valence-corrected chi connectivity index (χ0v) is 12.5. The highest BCUT2D eigenvalue weighted by molar-refractivity contribution is 7.99. The average Bonchev–Trinajstić information content (AvgIpc) is 2.39. The Hall–Kier alpha value is -1.20. The first kappa shape index (κ1) is 15.2. The van der Waals surface area contributed by atoms with Crippen LogP contribution in [0.5, 0.6) is 0 Å². The van der Waals surface area contributed by atoms with E-state index in [0.717, 1.165) is 24.3 Å². The number of halogens is 1. The number of thioether (sulfide) groups is 1. The van der Waals surface area contributed by atoms with Crippen LogP contribution in [0.25, 0.3) is 0 Å². The third-order valence-electron chi connectivity index (χ3n) is 3.30. The van der Waals surface area contributed by atoms with Gasteiger partial charge in [0.05, 0.1) is 10.6 Å². The van der Waals surface area contributed by atoms with Crippen molar-refractivity contribution in [1.82, 2.24) is 0 Å². The van der Waals surface area contributed by atoms with E-state index in [1.54, 1.807) is 6.07 Å². The fourth-order valence-electron chi connectivity index (χ4n) is 2.19. The summed E-state index contributed by atoms with van der Waals surface area (Å²) in [6, 6.07) is 4.43. The van der Waals surface area contributed by atoms with E-state index in [4.69, 9.17) is 16.7 Å². The van der Waals surface area contributed by atoms with Gasteiger partial charge in [-0.2, -0.15) is 11.8 Å². The van der Waals surface area contributed by atoms with Gasteiger partial charge in [-0.1, -0.05) is 11.6 Å². The molecule has 108 valence electrons. The van der Waals surface area contributed by atoms with Gasteiger partial charge in [0.25, 0.3) is 0 Å². The van der Waals surface area contributed by atoms with Gasteiger partial charge >= 0.3 is 5.97 Å². The summed E-state index contributed by atoms with van der Waals surface area (Å²) in [6.45, 7) is 0. The first-order valence-electron chi connectivity index (χ1n) is 6.46. The molecule has 1 aromatic rings. The summed E-state index contributed by atoms with van der Waals surface area (Å²) in [6.07, 6.45) is 2.67. The smallest absolute Gasteiger partial charge is 0.337 e. The summed E-state index contributed by atoms with van der Waals surface area (Å²) in [4.78, 5) is 22.8. The number of carboxylic acid groups (broad SMARTS) is 1. The molecule has 1 aliphatic rings. The van der Waals surface area contributed by atoms with Crippen LogP contribution in [-0.2, 0) is 4.79 Å². The summed E-state index contributed by atoms with van der Waals surface area (Å²) in [5, 5.41) is 11.8. The van der Waals surface area contributed by atoms with Crippen LogP contribution in [0.15, 0.2) is 18.2 Å². The second-order valence-electron chi connectivity index (χ2n) is 4.81. The number of carbonyl (C=O) groups excluding carboxylic acids is 1. The molecular weight excluding hydrogens is 298 g/mol. The molecule has 0 aromatic heterocycles. The molecule has 1 fully saturated rings. The highest BCUT2D eigenvalue weighted by Gasteiger charge is 2.17. The van der Waals surface area contributed by atoms with Crippen LogP contribution in [0.3, 0.4) is 0 Å². The standard InChI is InChI=1S/C14H16ClNO3S/c15-12-8-10(1-2-11(12)14(18)19)16-13(17)7-9-3-5-20-6-4-9/h1-2,8-9H,3-7H2,(H,16,17)(H,18,19). The maximum Gasteiger partial charge on any atom is 0.337 e. The number of hydrogen-bond acceptors (Lipinski definition) is 3. The largest absolute Gasteiger partial charge is 0.478 e. The van der Waals surface area contributed by atoms with E-state index < -0.39 is 5.97 Å². The van der Waals surface area contributed by atoms with Gasteiger partial charge in [-0.15, -0.1) is 0 Å². The summed E-state index contributed by atoms with van der Waals surface area (Å²) in [7, 11) is 0. The molecule has 6 heteroatoms. The van der Waals surface area contributed by atoms with Crippen LogP contribution in [0.2, 0.25) is 5.02 Å². The van der Waals surface area contributed by atoms with Crippen molar-refractivity contribution >= 4 is 40.9 Å². The molecule has 0 spiro atoms. The van der Waals surface area contributed by atoms with Gasteiger partial charge < -0.3 is 10.4 Å². The van der Waals surface area contributed by atoms with Crippen molar-refractivity contribution in [2.45, 2.75) is 19.3 Å². The molecule has 2 rings (SSSR count). The number of nitrogens with one attached hydrogen (secondary N) is 1. The van der Waals surface area contributed by atoms with E-state index in [9.17, 15) is 9.59 Å². The Morgan fingerprint density at radius 3 is 2.65 bits per heavy atom. The van der Waals surface area contributed by atoms with Gasteiger partial charge in [0.15, 0.2) is 0 Å². The lowest BCUT2D eigenvalue weighted by molar-refractivity contribution is -0.117. The molecule has 0 atom stereocenters. The number of carboxylic acids is 1. The first-order valence-corrected chi connectivity index (χ1v) is 8.00. The van der Waals surface area contributed by atoms with Crippen molar-refractivity contribution in [2.24, 2.45) is 5.92 Å². The fraction of sp³-hybridized carbons (Fsp3) is 0.429. The lowest BCUT2D eigenvalue weighted by Crippen LogP contribution is -2.19. The van der Waals surface area contributed by atoms with Crippen LogP contribution < -0.4 is 5.32 Å². The van der Waals surface area contributed by atoms with E-state index in [1.807, 2.05) is 11.8 Å². The zero-order valence-electron chi connectivity index (χ0n) is 10.9. The molecule has 1 aromatic carbocycles. The quantitative estimate of drug-likeness (QED) is 0.892. The monoisotopic (exact) mass is 313 g/mol. The molecule has 0 aliphatic carbocycles. The van der Waals surface area contributed by atoms with Crippen LogP contribution in [0.1, 0.15) is 29.6 Å². The van der Waals surface area contributed by atoms with Crippen LogP contribution in [-0.4, -0.2) is 28.5 Å². The molecular formula is C14H16ClNO3S. The molecule has 4 nitrogen and oxygen atoms in total. The van der Waals surface area contributed by atoms with Crippen LogP contribution in [0.4, 0.5) is 5.69 Å². The molecule has 0 bridgehead atoms. The molecule has 20 heavy (non-hydrogen) atoms. The van der Waals surface area contributed by atoms with Crippen molar-refractivity contribution in [3.8, 4) is 0 Å². The molecule has 1 amide bonds. The zero-order chi connectivity index (χ0) is 14.5. The highest BCUT2D eigenvalue weighted by Crippen LogP contribution is 2.26. The van der Waals surface area contributed by atoms with E-state index >= 15 is 0 Å². The molecule has 1 heterocycles. The van der Waals surface area contributed by atoms with Crippen LogP contribution >= 0.6 is 23.4 Å². The molecule has 1 aliphatic heterocycles. The van der Waals surface area contributed by atoms with Crippen molar-refractivity contribution < 1.29 is 14.7 Å². The normalized spacial score (nSPS) is 15.8. The minimum absolute atomic E-state index is 0.0361. The van der Waals surface area contributed by atoms with Crippen molar-refractivity contribution in [1.29, 1.82) is 0 Å². The maximum atomic E-state index is 11.9. The van der Waals surface area contributed by atoms with E-state index in [1.165, 1.54) is 12.1 Å². The Kier molecular flexibility index (Phi) is 5.31. The van der Waals surface area contributed by atoms with Crippen LogP contribution in [0, 0.1) is 5.92 Å². The van der Waals surface area contributed by atoms with Crippen molar-refractivity contribution in [3.63, 3.8) is 0 Å². The summed E-state index contributed by atoms with van der Waals surface area (Å²) in [5.41, 5.74) is 0.573. The van der Waals surface area contributed by atoms with Gasteiger partial charge in [0.1, 0.15) is 0 Å². The second-order valence-corrected chi connectivity index (χ2v) is 6.44. The summed E-state index contributed by atoms with van der Waals surface area (Å²) >= 11 is 7.80. The minimum atomic E-state index is -1.08. The number of rotatable bonds is 4. The van der Waals surface area contributed by atoms with Gasteiger partial charge in [-0.25, -0.2) is 4.79 Å². The van der Waals surface area contributed by atoms with Gasteiger partial charge in [-0.05, 0) is 48.5 Å². The van der Waals surface area contributed by atoms with E-state index in [0.29, 0.717) is 18.0 Å². The Labute approximate surface area is 126 Å². The number of benzene rings is 1. The molecule has 2 N–H and O–H groups in total. The number of amides is 1. The predicted octanol–water partition coefficient (Wildman–Crippen LogP) is 3.51. The highest BCUT2D eigenvalue weighted by atomic mass is 35.5. The predicted molar refractivity (Wildman–Crippen MR) is 81.7 cm³/mol. The number of anilines is 1. The summed E-state index contributed by atoms with van der Waals surface area (Å²) in [5.74, 6) is 1.58. The maximum absolute atomic E-state index is 11.9.